The second kappa shape index (κ2) is 11.8. The van der Waals surface area contributed by atoms with Crippen LogP contribution in [0.3, 0.4) is 0 Å². The van der Waals surface area contributed by atoms with Gasteiger partial charge in [0.1, 0.15) is 11.0 Å². The summed E-state index contributed by atoms with van der Waals surface area (Å²) >= 11 is 7.13. The largest absolute Gasteiger partial charge is 0.489 e. The number of pyridine rings is 2. The summed E-state index contributed by atoms with van der Waals surface area (Å²) in [6.45, 7) is 5.77. The first-order valence-corrected chi connectivity index (χ1v) is 12.6. The third-order valence-corrected chi connectivity index (χ3v) is 5.98. The van der Waals surface area contributed by atoms with Crippen molar-refractivity contribution in [3.05, 3.63) is 33.5 Å². The average molecular weight is 538 g/mol. The predicted molar refractivity (Wildman–Crippen MR) is 132 cm³/mol. The van der Waals surface area contributed by atoms with Gasteiger partial charge in [0.25, 0.3) is 0 Å². The molecule has 0 fully saturated rings. The molecule has 0 aliphatic rings. The molecule has 0 aliphatic heterocycles. The monoisotopic (exact) mass is 536 g/mol. The minimum atomic E-state index is 0.667. The van der Waals surface area contributed by atoms with Gasteiger partial charge in [0.15, 0.2) is 11.5 Å². The fourth-order valence-corrected chi connectivity index (χ4v) is 4.20. The quantitative estimate of drug-likeness (QED) is 0.172. The number of aromatic nitrogens is 2. The molecule has 0 saturated carbocycles. The summed E-state index contributed by atoms with van der Waals surface area (Å²) in [6, 6.07) is 4.10. The number of nitrogens with zero attached hydrogens (tertiary/aromatic N) is 2. The lowest BCUT2D eigenvalue weighted by Gasteiger charge is -2.18. The minimum Gasteiger partial charge on any atom is -0.489 e. The number of hydrogen-bond acceptors (Lipinski definition) is 4. The van der Waals surface area contributed by atoms with Crippen LogP contribution in [0.1, 0.15) is 65.2 Å². The van der Waals surface area contributed by atoms with Crippen molar-refractivity contribution in [2.24, 2.45) is 0 Å². The average Bonchev–Trinajstić information content (AvgIpc) is 2.74. The zero-order chi connectivity index (χ0) is 21.3. The van der Waals surface area contributed by atoms with E-state index in [4.69, 9.17) is 9.47 Å². The normalized spacial score (nSPS) is 11.3. The Morgan fingerprint density at radius 2 is 1.10 bits per heavy atom. The SMILES string of the molecule is CCCCCCOc1c(OCCCCCC)c2cc(Br)cnc2c2ncc(Br)cc12. The van der Waals surface area contributed by atoms with Crippen molar-refractivity contribution in [3.63, 3.8) is 0 Å². The zero-order valence-electron chi connectivity index (χ0n) is 17.8. The van der Waals surface area contributed by atoms with Gasteiger partial charge in [0.2, 0.25) is 0 Å². The van der Waals surface area contributed by atoms with Crippen molar-refractivity contribution in [1.82, 2.24) is 9.97 Å². The van der Waals surface area contributed by atoms with Crippen LogP contribution in [-0.2, 0) is 0 Å². The molecule has 0 spiro atoms. The van der Waals surface area contributed by atoms with Crippen molar-refractivity contribution in [3.8, 4) is 11.5 Å². The molecular formula is C24H30Br2N2O2. The van der Waals surface area contributed by atoms with E-state index in [2.05, 4.69) is 67.8 Å². The Bertz CT molecular complexity index is 900. The van der Waals surface area contributed by atoms with Gasteiger partial charge in [-0.15, -0.1) is 0 Å². The number of hydrogen-bond donors (Lipinski definition) is 0. The Balaban J connectivity index is 2.03. The molecule has 6 heteroatoms. The molecule has 0 bridgehead atoms. The van der Waals surface area contributed by atoms with Crippen molar-refractivity contribution in [2.45, 2.75) is 65.2 Å². The van der Waals surface area contributed by atoms with Crippen LogP contribution in [0.2, 0.25) is 0 Å². The molecule has 0 saturated heterocycles. The highest BCUT2D eigenvalue weighted by atomic mass is 79.9. The minimum absolute atomic E-state index is 0.667. The molecule has 0 radical (unpaired) electrons. The summed E-state index contributed by atoms with van der Waals surface area (Å²) in [5, 5.41) is 1.87. The molecule has 0 unspecified atom stereocenters. The van der Waals surface area contributed by atoms with Gasteiger partial charge in [-0.25, -0.2) is 0 Å². The third-order valence-electron chi connectivity index (χ3n) is 5.12. The Kier molecular flexibility index (Phi) is 9.19. The van der Waals surface area contributed by atoms with E-state index in [1.165, 1.54) is 38.5 Å². The van der Waals surface area contributed by atoms with E-state index < -0.39 is 0 Å². The van der Waals surface area contributed by atoms with E-state index in [1.54, 1.807) is 0 Å². The van der Waals surface area contributed by atoms with E-state index in [0.29, 0.717) is 13.2 Å². The second-order valence-corrected chi connectivity index (χ2v) is 9.41. The van der Waals surface area contributed by atoms with Crippen LogP contribution in [0, 0.1) is 0 Å². The Morgan fingerprint density at radius 3 is 1.50 bits per heavy atom. The molecule has 162 valence electrons. The lowest BCUT2D eigenvalue weighted by atomic mass is 10.1. The number of fused-ring (bicyclic) bond motifs is 3. The molecule has 30 heavy (non-hydrogen) atoms. The number of rotatable bonds is 12. The summed E-state index contributed by atoms with van der Waals surface area (Å²) in [4.78, 5) is 9.32. The molecule has 0 atom stereocenters. The van der Waals surface area contributed by atoms with Gasteiger partial charge in [-0.2, -0.15) is 0 Å². The third kappa shape index (κ3) is 5.85. The van der Waals surface area contributed by atoms with Crippen LogP contribution < -0.4 is 9.47 Å². The van der Waals surface area contributed by atoms with Gasteiger partial charge in [-0.1, -0.05) is 52.4 Å². The maximum Gasteiger partial charge on any atom is 0.171 e. The van der Waals surface area contributed by atoms with Gasteiger partial charge in [0.05, 0.1) is 13.2 Å². The standard InChI is InChI=1S/C24H30Br2N2O2/c1-3-5-7-9-11-29-23-19-13-17(25)15-27-21(19)22-20(14-18(26)16-28-22)24(23)30-12-10-8-6-4-2/h13-16H,3-12H2,1-2H3. The van der Waals surface area contributed by atoms with Crippen LogP contribution in [0.15, 0.2) is 33.5 Å². The molecule has 2 heterocycles. The van der Waals surface area contributed by atoms with Gasteiger partial charge in [0, 0.05) is 32.1 Å². The smallest absolute Gasteiger partial charge is 0.171 e. The van der Waals surface area contributed by atoms with E-state index in [1.807, 2.05) is 12.4 Å². The molecule has 3 rings (SSSR count). The summed E-state index contributed by atoms with van der Waals surface area (Å²) in [5.41, 5.74) is 1.67. The van der Waals surface area contributed by atoms with Gasteiger partial charge < -0.3 is 9.47 Å². The van der Waals surface area contributed by atoms with Crippen molar-refractivity contribution in [1.29, 1.82) is 0 Å². The number of halogens is 2. The van der Waals surface area contributed by atoms with Crippen molar-refractivity contribution >= 4 is 53.7 Å². The highest BCUT2D eigenvalue weighted by Crippen LogP contribution is 2.44. The summed E-state index contributed by atoms with van der Waals surface area (Å²) in [7, 11) is 0. The van der Waals surface area contributed by atoms with Crippen molar-refractivity contribution in [2.75, 3.05) is 13.2 Å². The molecule has 3 aromatic rings. The highest BCUT2D eigenvalue weighted by Gasteiger charge is 2.20. The van der Waals surface area contributed by atoms with Crippen LogP contribution in [0.4, 0.5) is 0 Å². The maximum atomic E-state index is 6.35. The molecular weight excluding hydrogens is 508 g/mol. The molecule has 0 N–H and O–H groups in total. The predicted octanol–water partition coefficient (Wildman–Crippen LogP) is 8.23. The van der Waals surface area contributed by atoms with Crippen molar-refractivity contribution < 1.29 is 9.47 Å². The van der Waals surface area contributed by atoms with E-state index in [-0.39, 0.29) is 0 Å². The van der Waals surface area contributed by atoms with Gasteiger partial charge in [-0.05, 0) is 56.8 Å². The Labute approximate surface area is 196 Å². The van der Waals surface area contributed by atoms with Gasteiger partial charge >= 0.3 is 0 Å². The van der Waals surface area contributed by atoms with E-state index >= 15 is 0 Å². The molecule has 1 aromatic carbocycles. The zero-order valence-corrected chi connectivity index (χ0v) is 21.0. The summed E-state index contributed by atoms with van der Waals surface area (Å²) in [5.74, 6) is 1.55. The van der Waals surface area contributed by atoms with Crippen LogP contribution >= 0.6 is 31.9 Å². The lowest BCUT2D eigenvalue weighted by Crippen LogP contribution is -2.05. The van der Waals surface area contributed by atoms with Crippen LogP contribution in [0.25, 0.3) is 21.8 Å². The molecule has 2 aromatic heterocycles. The second-order valence-electron chi connectivity index (χ2n) is 7.58. The Morgan fingerprint density at radius 1 is 0.667 bits per heavy atom. The van der Waals surface area contributed by atoms with Gasteiger partial charge in [-0.3, -0.25) is 9.97 Å². The lowest BCUT2D eigenvalue weighted by molar-refractivity contribution is 0.264. The molecule has 4 nitrogen and oxygen atoms in total. The first-order chi connectivity index (χ1) is 14.7. The number of ether oxygens (including phenoxy) is 2. The highest BCUT2D eigenvalue weighted by molar-refractivity contribution is 9.10. The van der Waals surface area contributed by atoms with Crippen LogP contribution in [-0.4, -0.2) is 23.2 Å². The topological polar surface area (TPSA) is 44.2 Å². The van der Waals surface area contributed by atoms with E-state index in [0.717, 1.165) is 55.1 Å². The summed E-state index contributed by atoms with van der Waals surface area (Å²) in [6.07, 6.45) is 12.9. The fraction of sp³-hybridized carbons (Fsp3) is 0.500. The molecule has 0 amide bonds. The number of unbranched alkanes of at least 4 members (excludes halogenated alkanes) is 6. The maximum absolute atomic E-state index is 6.35. The Hall–Kier alpha value is -1.40. The fourth-order valence-electron chi connectivity index (χ4n) is 3.54. The number of benzene rings is 1. The molecule has 0 aliphatic carbocycles. The van der Waals surface area contributed by atoms with E-state index in [9.17, 15) is 0 Å². The van der Waals surface area contributed by atoms with Crippen LogP contribution in [0.5, 0.6) is 11.5 Å². The first kappa shape index (κ1) is 23.3. The summed E-state index contributed by atoms with van der Waals surface area (Å²) < 4.78 is 14.5. The first-order valence-electron chi connectivity index (χ1n) is 11.0.